The lowest BCUT2D eigenvalue weighted by atomic mass is 9.57. The molecule has 4 atom stereocenters. The van der Waals surface area contributed by atoms with Crippen molar-refractivity contribution in [3.05, 3.63) is 81.4 Å². The van der Waals surface area contributed by atoms with Crippen LogP contribution < -0.4 is 10.5 Å². The Bertz CT molecular complexity index is 1650. The van der Waals surface area contributed by atoms with Crippen molar-refractivity contribution in [1.82, 2.24) is 9.80 Å². The van der Waals surface area contributed by atoms with E-state index in [1.165, 1.54) is 18.1 Å². The fraction of sp³-hybridized carbons (Fsp3) is 0.441. The third-order valence-corrected chi connectivity index (χ3v) is 9.79. The van der Waals surface area contributed by atoms with Gasteiger partial charge in [-0.2, -0.15) is 0 Å². The number of primary amides is 1. The molecule has 10 nitrogen and oxygen atoms in total. The average molecular weight is 620 g/mol. The van der Waals surface area contributed by atoms with Gasteiger partial charge < -0.3 is 25.8 Å². The number of benzene rings is 2. The molecular formula is C34H38FN3O7. The lowest BCUT2D eigenvalue weighted by molar-refractivity contribution is -0.153. The standard InChI is InChI=1S/C34H38FN3O7/c1-37(2)28-22-12-19-11-21-25(29(39)24(19)31(41)34(22,44)32(42)26(30(28)40)33(36)43)23(45-3)13-20(27(21)35)16-38(15-18-9-10-18)14-17-7-5-4-6-8-17/h4-8,13,18-19,22,28,39,42,44H,9-12,14-16H2,1-3H3,(H2,36,43)/t19-,22-,28-,34-/m0/s1. The van der Waals surface area contributed by atoms with Crippen LogP contribution in [0.4, 0.5) is 4.39 Å². The number of nitrogens with zero attached hydrogens (tertiary/aromatic N) is 2. The van der Waals surface area contributed by atoms with Crippen molar-refractivity contribution in [3.8, 4) is 5.75 Å². The Hall–Kier alpha value is -4.06. The van der Waals surface area contributed by atoms with Crippen LogP contribution in [0, 0.1) is 23.6 Å². The van der Waals surface area contributed by atoms with Crippen molar-refractivity contribution < 1.29 is 38.8 Å². The summed E-state index contributed by atoms with van der Waals surface area (Å²) in [5.41, 5.74) is 3.32. The normalized spacial score (nSPS) is 26.2. The van der Waals surface area contributed by atoms with Gasteiger partial charge in [0.05, 0.1) is 18.7 Å². The van der Waals surface area contributed by atoms with Crippen molar-refractivity contribution in [2.75, 3.05) is 27.7 Å². The van der Waals surface area contributed by atoms with Crippen molar-refractivity contribution >= 4 is 23.2 Å². The van der Waals surface area contributed by atoms with Crippen molar-refractivity contribution in [2.45, 2.75) is 50.4 Å². The number of amides is 1. The number of hydrogen-bond acceptors (Lipinski definition) is 9. The number of halogens is 1. The molecular weight excluding hydrogens is 581 g/mol. The van der Waals surface area contributed by atoms with Gasteiger partial charge in [-0.15, -0.1) is 0 Å². The van der Waals surface area contributed by atoms with E-state index in [2.05, 4.69) is 4.90 Å². The first-order valence-corrected chi connectivity index (χ1v) is 15.2. The van der Waals surface area contributed by atoms with E-state index in [0.29, 0.717) is 24.6 Å². The number of fused-ring (bicyclic) bond motifs is 3. The van der Waals surface area contributed by atoms with Gasteiger partial charge in [0.15, 0.2) is 11.4 Å². The Morgan fingerprint density at radius 2 is 1.82 bits per heavy atom. The zero-order chi connectivity index (χ0) is 32.4. The molecule has 0 saturated heterocycles. The minimum atomic E-state index is -2.70. The van der Waals surface area contributed by atoms with E-state index in [-0.39, 0.29) is 35.3 Å². The molecule has 238 valence electrons. The molecule has 11 heteroatoms. The van der Waals surface area contributed by atoms with Gasteiger partial charge in [-0.05, 0) is 63.2 Å². The van der Waals surface area contributed by atoms with E-state index in [1.807, 2.05) is 30.3 Å². The Labute approximate surface area is 260 Å². The van der Waals surface area contributed by atoms with Crippen LogP contribution in [-0.2, 0) is 33.9 Å². The number of likely N-dealkylation sites (N-methyl/N-ethyl adjacent to an activating group) is 1. The maximum atomic E-state index is 16.5. The number of methoxy groups -OCH3 is 1. The minimum Gasteiger partial charge on any atom is -0.508 e. The van der Waals surface area contributed by atoms with Crippen LogP contribution in [0.5, 0.6) is 5.75 Å². The van der Waals surface area contributed by atoms with E-state index >= 15 is 4.39 Å². The molecule has 0 spiro atoms. The van der Waals surface area contributed by atoms with Crippen LogP contribution in [0.2, 0.25) is 0 Å². The number of ether oxygens (including phenoxy) is 1. The second-order valence-corrected chi connectivity index (χ2v) is 13.0. The van der Waals surface area contributed by atoms with Gasteiger partial charge in [0.25, 0.3) is 5.91 Å². The molecule has 5 N–H and O–H groups in total. The summed E-state index contributed by atoms with van der Waals surface area (Å²) in [7, 11) is 4.49. The highest BCUT2D eigenvalue weighted by atomic mass is 19.1. The summed E-state index contributed by atoms with van der Waals surface area (Å²) < 4.78 is 22.1. The topological polar surface area (TPSA) is 154 Å². The first-order chi connectivity index (χ1) is 21.4. The van der Waals surface area contributed by atoms with Gasteiger partial charge in [0.2, 0.25) is 5.78 Å². The molecule has 0 heterocycles. The zero-order valence-corrected chi connectivity index (χ0v) is 25.5. The van der Waals surface area contributed by atoms with E-state index in [9.17, 15) is 29.7 Å². The first kappa shape index (κ1) is 30.9. The van der Waals surface area contributed by atoms with Crippen LogP contribution >= 0.6 is 0 Å². The molecule has 2 aromatic carbocycles. The number of rotatable bonds is 9. The van der Waals surface area contributed by atoms with Crippen LogP contribution in [0.1, 0.15) is 41.5 Å². The molecule has 2 aromatic rings. The summed E-state index contributed by atoms with van der Waals surface area (Å²) in [6, 6.07) is 10.3. The fourth-order valence-electron chi connectivity index (χ4n) is 7.54. The molecule has 45 heavy (non-hydrogen) atoms. The molecule has 2 fully saturated rings. The maximum absolute atomic E-state index is 16.5. The van der Waals surface area contributed by atoms with Gasteiger partial charge in [-0.3, -0.25) is 24.2 Å². The largest absolute Gasteiger partial charge is 0.508 e. The number of aliphatic hydroxyl groups is 3. The summed E-state index contributed by atoms with van der Waals surface area (Å²) in [5.74, 6) is -6.61. The minimum absolute atomic E-state index is 0.00634. The number of carbonyl (C=O) groups excluding carboxylic acids is 3. The second-order valence-electron chi connectivity index (χ2n) is 13.0. The summed E-state index contributed by atoms with van der Waals surface area (Å²) >= 11 is 0. The summed E-state index contributed by atoms with van der Waals surface area (Å²) in [4.78, 5) is 43.2. The number of aliphatic hydroxyl groups excluding tert-OH is 2. The Morgan fingerprint density at radius 1 is 1.13 bits per heavy atom. The quantitative estimate of drug-likeness (QED) is 0.310. The Balaban J connectivity index is 1.43. The van der Waals surface area contributed by atoms with Gasteiger partial charge >= 0.3 is 0 Å². The predicted octanol–water partition coefficient (Wildman–Crippen LogP) is 2.82. The van der Waals surface area contributed by atoms with Gasteiger partial charge in [-0.1, -0.05) is 30.3 Å². The fourth-order valence-corrected chi connectivity index (χ4v) is 7.54. The number of hydrogen-bond donors (Lipinski definition) is 4. The van der Waals surface area contributed by atoms with E-state index in [4.69, 9.17) is 10.5 Å². The van der Waals surface area contributed by atoms with Crippen molar-refractivity contribution in [2.24, 2.45) is 23.5 Å². The number of nitrogens with two attached hydrogens (primary N) is 1. The third-order valence-electron chi connectivity index (χ3n) is 9.79. The van der Waals surface area contributed by atoms with E-state index in [0.717, 1.165) is 24.9 Å². The van der Waals surface area contributed by atoms with Crippen LogP contribution in [0.15, 0.2) is 53.3 Å². The number of Topliss-reactive ketones (excluding diaryl/α,β-unsaturated/α-hetero) is 2. The molecule has 0 radical (unpaired) electrons. The number of ketones is 2. The van der Waals surface area contributed by atoms with Crippen LogP contribution in [0.25, 0.3) is 5.76 Å². The van der Waals surface area contributed by atoms with Crippen LogP contribution in [-0.4, -0.2) is 82.0 Å². The molecule has 0 aliphatic heterocycles. The lowest BCUT2D eigenvalue weighted by Crippen LogP contribution is -2.65. The van der Waals surface area contributed by atoms with Gasteiger partial charge in [0.1, 0.15) is 28.7 Å². The summed E-state index contributed by atoms with van der Waals surface area (Å²) in [5, 5.41) is 34.4. The summed E-state index contributed by atoms with van der Waals surface area (Å²) in [6.07, 6.45) is 2.20. The molecule has 0 bridgehead atoms. The molecule has 0 aromatic heterocycles. The predicted molar refractivity (Wildman–Crippen MR) is 162 cm³/mol. The molecule has 4 aliphatic rings. The molecule has 1 amide bonds. The van der Waals surface area contributed by atoms with Gasteiger partial charge in [0, 0.05) is 42.3 Å². The smallest absolute Gasteiger partial charge is 0.255 e. The molecule has 6 rings (SSSR count). The highest BCUT2D eigenvalue weighted by Crippen LogP contribution is 2.53. The Morgan fingerprint density at radius 3 is 2.42 bits per heavy atom. The maximum Gasteiger partial charge on any atom is 0.255 e. The third kappa shape index (κ3) is 5.03. The van der Waals surface area contributed by atoms with Crippen LogP contribution in [0.3, 0.4) is 0 Å². The zero-order valence-electron chi connectivity index (χ0n) is 25.5. The average Bonchev–Trinajstić information content (AvgIpc) is 3.80. The monoisotopic (exact) mass is 619 g/mol. The number of carbonyl (C=O) groups is 3. The van der Waals surface area contributed by atoms with Gasteiger partial charge in [-0.25, -0.2) is 4.39 Å². The first-order valence-electron chi connectivity index (χ1n) is 15.2. The van der Waals surface area contributed by atoms with Crippen molar-refractivity contribution in [1.29, 1.82) is 0 Å². The van der Waals surface area contributed by atoms with E-state index in [1.54, 1.807) is 14.1 Å². The SMILES string of the molecule is COc1cc(CN(Cc2ccccc2)CC2CC2)c(F)c2c1C(O)=C1C(=O)[C@]3(O)C(O)=C(C(N)=O)C(=O)[C@@H](N(C)C)[C@@H]3C[C@@H]1C2. The molecule has 2 saturated carbocycles. The summed E-state index contributed by atoms with van der Waals surface area (Å²) in [6.45, 7) is 1.74. The second kappa shape index (κ2) is 11.4. The van der Waals surface area contributed by atoms with E-state index < -0.39 is 63.9 Å². The highest BCUT2D eigenvalue weighted by Gasteiger charge is 2.64. The Kier molecular flexibility index (Phi) is 7.83. The highest BCUT2D eigenvalue weighted by molar-refractivity contribution is 6.24. The molecule has 0 unspecified atom stereocenters. The molecule has 4 aliphatic carbocycles. The lowest BCUT2D eigenvalue weighted by Gasteiger charge is -2.50. The van der Waals surface area contributed by atoms with Crippen molar-refractivity contribution in [3.63, 3.8) is 0 Å².